The Labute approximate surface area is 145 Å². The molecule has 2 aromatic heterocycles. The van der Waals surface area contributed by atoms with E-state index in [0.29, 0.717) is 5.78 Å². The van der Waals surface area contributed by atoms with Gasteiger partial charge in [0, 0.05) is 24.2 Å². The Morgan fingerprint density at radius 2 is 1.60 bits per heavy atom. The van der Waals surface area contributed by atoms with Gasteiger partial charge in [-0.05, 0) is 28.5 Å². The van der Waals surface area contributed by atoms with Crippen LogP contribution in [0.3, 0.4) is 0 Å². The smallest absolute Gasteiger partial charge is 0.275 e. The first-order chi connectivity index (χ1) is 12.3. The number of fused-ring (bicyclic) bond motifs is 1. The average molecular weight is 330 g/mol. The third-order valence-corrected chi connectivity index (χ3v) is 4.19. The highest BCUT2D eigenvalue weighted by molar-refractivity contribution is 5.45. The zero-order valence-electron chi connectivity index (χ0n) is 13.9. The molecular formula is C19H18N6. The molecule has 2 aromatic carbocycles. The fourth-order valence-electron chi connectivity index (χ4n) is 2.99. The highest BCUT2D eigenvalue weighted by Gasteiger charge is 2.15. The van der Waals surface area contributed by atoms with Crippen LogP contribution in [0.2, 0.25) is 0 Å². The van der Waals surface area contributed by atoms with Crippen molar-refractivity contribution in [1.29, 1.82) is 0 Å². The Hall–Kier alpha value is -3.28. The molecule has 0 fully saturated rings. The molecule has 0 saturated heterocycles. The zero-order valence-corrected chi connectivity index (χ0v) is 13.9. The average Bonchev–Trinajstić information content (AvgIpc) is 3.12. The van der Waals surface area contributed by atoms with Gasteiger partial charge in [0.1, 0.15) is 5.82 Å². The molecule has 0 saturated carbocycles. The van der Waals surface area contributed by atoms with E-state index in [1.54, 1.807) is 4.52 Å². The van der Waals surface area contributed by atoms with Gasteiger partial charge in [-0.3, -0.25) is 0 Å². The fourth-order valence-corrected chi connectivity index (χ4v) is 2.99. The largest absolute Gasteiger partial charge is 0.369 e. The van der Waals surface area contributed by atoms with Crippen molar-refractivity contribution in [2.24, 2.45) is 0 Å². The van der Waals surface area contributed by atoms with E-state index in [0.717, 1.165) is 18.1 Å². The molecule has 0 aliphatic heterocycles. The third kappa shape index (κ3) is 3.19. The van der Waals surface area contributed by atoms with Crippen LogP contribution in [0.25, 0.3) is 5.78 Å². The number of hydrogen-bond acceptors (Lipinski definition) is 5. The minimum absolute atomic E-state index is 0.224. The summed E-state index contributed by atoms with van der Waals surface area (Å²) in [6.07, 6.45) is 0. The van der Waals surface area contributed by atoms with E-state index in [9.17, 15) is 0 Å². The number of aryl methyl sites for hydroxylation is 1. The molecule has 2 heterocycles. The quantitative estimate of drug-likeness (QED) is 0.609. The number of rotatable bonds is 5. The fraction of sp³-hybridized carbons (Fsp3) is 0.158. The van der Waals surface area contributed by atoms with Crippen LogP contribution < -0.4 is 5.32 Å². The van der Waals surface area contributed by atoms with Crippen LogP contribution in [0.1, 0.15) is 22.7 Å². The van der Waals surface area contributed by atoms with E-state index in [2.05, 4.69) is 74.4 Å². The van der Waals surface area contributed by atoms with Crippen molar-refractivity contribution in [1.82, 2.24) is 25.0 Å². The number of hydrogen-bond donors (Lipinski definition) is 1. The monoisotopic (exact) mass is 330 g/mol. The molecule has 0 bridgehead atoms. The van der Waals surface area contributed by atoms with Crippen molar-refractivity contribution in [3.8, 4) is 0 Å². The maximum absolute atomic E-state index is 4.33. The predicted octanol–water partition coefficient (Wildman–Crippen LogP) is 3.07. The van der Waals surface area contributed by atoms with Gasteiger partial charge >= 0.3 is 0 Å². The maximum atomic E-state index is 4.33. The first kappa shape index (κ1) is 15.3. The summed E-state index contributed by atoms with van der Waals surface area (Å²) >= 11 is 0. The Kier molecular flexibility index (Phi) is 4.08. The normalized spacial score (nSPS) is 11.1. The van der Waals surface area contributed by atoms with Gasteiger partial charge in [0.25, 0.3) is 5.78 Å². The molecule has 0 radical (unpaired) electrons. The molecule has 4 aromatic rings. The summed E-state index contributed by atoms with van der Waals surface area (Å²) in [7, 11) is 0. The van der Waals surface area contributed by atoms with Crippen LogP contribution in [0.5, 0.6) is 0 Å². The SMILES string of the molecule is Cc1cc(NCC(c2ccccc2)c2ccccc2)n2nnnc2n1. The lowest BCUT2D eigenvalue weighted by Gasteiger charge is -2.19. The second-order valence-electron chi connectivity index (χ2n) is 5.93. The summed E-state index contributed by atoms with van der Waals surface area (Å²) in [5.41, 5.74) is 3.40. The highest BCUT2D eigenvalue weighted by Crippen LogP contribution is 2.25. The van der Waals surface area contributed by atoms with Crippen molar-refractivity contribution in [2.45, 2.75) is 12.8 Å². The van der Waals surface area contributed by atoms with Gasteiger partial charge < -0.3 is 5.32 Å². The second kappa shape index (κ2) is 6.68. The summed E-state index contributed by atoms with van der Waals surface area (Å²) in [6.45, 7) is 2.66. The molecular weight excluding hydrogens is 312 g/mol. The molecule has 6 heteroatoms. The van der Waals surface area contributed by atoms with Crippen LogP contribution >= 0.6 is 0 Å². The number of nitrogens with one attached hydrogen (secondary N) is 1. The van der Waals surface area contributed by atoms with Gasteiger partial charge in [0.15, 0.2) is 0 Å². The topological polar surface area (TPSA) is 68.0 Å². The first-order valence-electron chi connectivity index (χ1n) is 8.21. The standard InChI is InChI=1S/C19H18N6/c1-14-12-18(25-19(21-14)22-23-24-25)20-13-17(15-8-4-2-5-9-15)16-10-6-3-7-11-16/h2-12,17,20H,13H2,1H3. The van der Waals surface area contributed by atoms with Crippen LogP contribution in [0, 0.1) is 6.92 Å². The van der Waals surface area contributed by atoms with E-state index in [1.807, 2.05) is 25.1 Å². The van der Waals surface area contributed by atoms with Crippen molar-refractivity contribution < 1.29 is 0 Å². The van der Waals surface area contributed by atoms with E-state index in [-0.39, 0.29) is 5.92 Å². The lowest BCUT2D eigenvalue weighted by molar-refractivity contribution is 0.799. The van der Waals surface area contributed by atoms with Gasteiger partial charge in [0.05, 0.1) is 0 Å². The molecule has 0 spiro atoms. The molecule has 4 rings (SSSR count). The maximum Gasteiger partial charge on any atom is 0.275 e. The van der Waals surface area contributed by atoms with Gasteiger partial charge in [-0.1, -0.05) is 65.8 Å². The number of aromatic nitrogens is 5. The van der Waals surface area contributed by atoms with Crippen LogP contribution in [-0.2, 0) is 0 Å². The van der Waals surface area contributed by atoms with Gasteiger partial charge in [0.2, 0.25) is 0 Å². The van der Waals surface area contributed by atoms with Crippen LogP contribution in [-0.4, -0.2) is 31.6 Å². The molecule has 0 aliphatic rings. The zero-order chi connectivity index (χ0) is 17.1. The van der Waals surface area contributed by atoms with Gasteiger partial charge in [-0.15, -0.1) is 0 Å². The summed E-state index contributed by atoms with van der Waals surface area (Å²) in [4.78, 5) is 4.33. The van der Waals surface area contributed by atoms with Crippen molar-refractivity contribution >= 4 is 11.6 Å². The molecule has 0 aliphatic carbocycles. The summed E-state index contributed by atoms with van der Waals surface area (Å²) < 4.78 is 1.63. The molecule has 124 valence electrons. The summed E-state index contributed by atoms with van der Waals surface area (Å²) in [5.74, 6) is 1.56. The predicted molar refractivity (Wildman–Crippen MR) is 96.5 cm³/mol. The molecule has 1 N–H and O–H groups in total. The summed E-state index contributed by atoms with van der Waals surface area (Å²) in [6, 6.07) is 22.9. The van der Waals surface area contributed by atoms with E-state index < -0.39 is 0 Å². The summed E-state index contributed by atoms with van der Waals surface area (Å²) in [5, 5.41) is 15.1. The minimum atomic E-state index is 0.224. The third-order valence-electron chi connectivity index (χ3n) is 4.19. The number of benzene rings is 2. The Balaban J connectivity index is 1.66. The Bertz CT molecular complexity index is 926. The highest BCUT2D eigenvalue weighted by atomic mass is 15.5. The van der Waals surface area contributed by atoms with Gasteiger partial charge in [-0.25, -0.2) is 4.98 Å². The lowest BCUT2D eigenvalue weighted by atomic mass is 9.91. The number of anilines is 1. The lowest BCUT2D eigenvalue weighted by Crippen LogP contribution is -2.16. The molecule has 0 atom stereocenters. The minimum Gasteiger partial charge on any atom is -0.369 e. The van der Waals surface area contributed by atoms with Crippen molar-refractivity contribution in [3.63, 3.8) is 0 Å². The van der Waals surface area contributed by atoms with Gasteiger partial charge in [-0.2, -0.15) is 4.52 Å². The molecule has 0 amide bonds. The molecule has 6 nitrogen and oxygen atoms in total. The molecule has 25 heavy (non-hydrogen) atoms. The van der Waals surface area contributed by atoms with Crippen LogP contribution in [0.4, 0.5) is 5.82 Å². The Morgan fingerprint density at radius 1 is 0.960 bits per heavy atom. The first-order valence-corrected chi connectivity index (χ1v) is 8.21. The van der Waals surface area contributed by atoms with E-state index >= 15 is 0 Å². The van der Waals surface area contributed by atoms with E-state index in [4.69, 9.17) is 0 Å². The van der Waals surface area contributed by atoms with Crippen molar-refractivity contribution in [2.75, 3.05) is 11.9 Å². The van der Waals surface area contributed by atoms with Crippen LogP contribution in [0.15, 0.2) is 66.7 Å². The number of tetrazole rings is 1. The van der Waals surface area contributed by atoms with Crippen molar-refractivity contribution in [3.05, 3.63) is 83.6 Å². The van der Waals surface area contributed by atoms with E-state index in [1.165, 1.54) is 11.1 Å². The second-order valence-corrected chi connectivity index (χ2v) is 5.93. The number of nitrogens with zero attached hydrogens (tertiary/aromatic N) is 5. The Morgan fingerprint density at radius 3 is 2.24 bits per heavy atom. The molecule has 0 unspecified atom stereocenters.